The summed E-state index contributed by atoms with van der Waals surface area (Å²) in [5.74, 6) is 0.429. The molecule has 0 unspecified atom stereocenters. The number of carbonyl (C=O) groups is 2. The first-order valence-electron chi connectivity index (χ1n) is 8.57. The molecule has 26 heavy (non-hydrogen) atoms. The summed E-state index contributed by atoms with van der Waals surface area (Å²) < 4.78 is 5.26. The van der Waals surface area contributed by atoms with E-state index < -0.39 is 0 Å². The Morgan fingerprint density at radius 3 is 2.54 bits per heavy atom. The van der Waals surface area contributed by atoms with Gasteiger partial charge in [-0.3, -0.25) is 9.59 Å². The molecule has 1 N–H and O–H groups in total. The summed E-state index contributed by atoms with van der Waals surface area (Å²) in [6, 6.07) is 14.3. The number of likely N-dealkylation sites (tertiary alicyclic amines) is 1. The van der Waals surface area contributed by atoms with Crippen molar-refractivity contribution in [2.24, 2.45) is 5.92 Å². The van der Waals surface area contributed by atoms with E-state index in [1.54, 1.807) is 36.3 Å². The molecule has 1 heterocycles. The molecule has 2 aromatic rings. The molecule has 0 bridgehead atoms. The number of methoxy groups -OCH3 is 1. The third-order valence-electron chi connectivity index (χ3n) is 4.59. The second-order valence-electron chi connectivity index (χ2n) is 6.27. The van der Waals surface area contributed by atoms with Gasteiger partial charge in [0.1, 0.15) is 5.75 Å². The van der Waals surface area contributed by atoms with Gasteiger partial charge < -0.3 is 15.0 Å². The molecule has 0 saturated carbocycles. The monoisotopic (exact) mass is 372 g/mol. The number of hydrogen-bond acceptors (Lipinski definition) is 3. The minimum absolute atomic E-state index is 0.0376. The highest BCUT2D eigenvalue weighted by atomic mass is 35.5. The zero-order valence-electron chi connectivity index (χ0n) is 14.6. The number of carbonyl (C=O) groups excluding carboxylic acids is 2. The van der Waals surface area contributed by atoms with Crippen LogP contribution in [0.2, 0.25) is 5.02 Å². The summed E-state index contributed by atoms with van der Waals surface area (Å²) in [5.41, 5.74) is 1.24. The number of amides is 2. The highest BCUT2D eigenvalue weighted by Crippen LogP contribution is 2.26. The highest BCUT2D eigenvalue weighted by Gasteiger charge is 2.28. The van der Waals surface area contributed by atoms with E-state index in [1.807, 2.05) is 24.3 Å². The Hall–Kier alpha value is -2.53. The van der Waals surface area contributed by atoms with E-state index in [1.165, 1.54) is 0 Å². The number of piperidine rings is 1. The van der Waals surface area contributed by atoms with Crippen molar-refractivity contribution in [3.63, 3.8) is 0 Å². The van der Waals surface area contributed by atoms with Gasteiger partial charge in [0.05, 0.1) is 12.8 Å². The zero-order valence-corrected chi connectivity index (χ0v) is 15.3. The normalized spacial score (nSPS) is 14.8. The Morgan fingerprint density at radius 1 is 1.12 bits per heavy atom. The quantitative estimate of drug-likeness (QED) is 0.887. The molecule has 1 fully saturated rings. The van der Waals surface area contributed by atoms with Gasteiger partial charge >= 0.3 is 0 Å². The molecule has 1 aliphatic rings. The smallest absolute Gasteiger partial charge is 0.253 e. The van der Waals surface area contributed by atoms with Crippen LogP contribution in [-0.4, -0.2) is 36.9 Å². The first-order valence-corrected chi connectivity index (χ1v) is 8.95. The van der Waals surface area contributed by atoms with Crippen LogP contribution in [0.25, 0.3) is 0 Å². The highest BCUT2D eigenvalue weighted by molar-refractivity contribution is 6.30. The first kappa shape index (κ1) is 18.3. The standard InChI is InChI=1S/C20H21ClN2O3/c1-26-18-8-3-2-7-17(18)22-19(24)14-9-11-23(12-10-14)20(25)15-5-4-6-16(21)13-15/h2-8,13-14H,9-12H2,1H3,(H,22,24). The van der Waals surface area contributed by atoms with Crippen LogP contribution in [0.3, 0.4) is 0 Å². The third kappa shape index (κ3) is 4.17. The minimum Gasteiger partial charge on any atom is -0.495 e. The zero-order chi connectivity index (χ0) is 18.5. The fourth-order valence-corrected chi connectivity index (χ4v) is 3.32. The number of hydrogen-bond donors (Lipinski definition) is 1. The summed E-state index contributed by atoms with van der Waals surface area (Å²) in [7, 11) is 1.57. The van der Waals surface area contributed by atoms with Crippen molar-refractivity contribution in [1.29, 1.82) is 0 Å². The van der Waals surface area contributed by atoms with Crippen LogP contribution in [-0.2, 0) is 4.79 Å². The number of nitrogens with one attached hydrogen (secondary N) is 1. The molecular weight excluding hydrogens is 352 g/mol. The maximum Gasteiger partial charge on any atom is 0.253 e. The number of para-hydroxylation sites is 2. The summed E-state index contributed by atoms with van der Waals surface area (Å²) in [4.78, 5) is 26.9. The van der Waals surface area contributed by atoms with E-state index in [0.29, 0.717) is 48.0 Å². The molecule has 2 aromatic carbocycles. The second-order valence-corrected chi connectivity index (χ2v) is 6.70. The maximum absolute atomic E-state index is 12.6. The lowest BCUT2D eigenvalue weighted by molar-refractivity contribution is -0.121. The largest absolute Gasteiger partial charge is 0.495 e. The number of anilines is 1. The van der Waals surface area contributed by atoms with Gasteiger partial charge in [-0.25, -0.2) is 0 Å². The van der Waals surface area contributed by atoms with Gasteiger partial charge in [0.2, 0.25) is 5.91 Å². The van der Waals surface area contributed by atoms with Crippen molar-refractivity contribution in [2.75, 3.05) is 25.5 Å². The van der Waals surface area contributed by atoms with Crippen molar-refractivity contribution < 1.29 is 14.3 Å². The van der Waals surface area contributed by atoms with E-state index >= 15 is 0 Å². The molecule has 2 amide bonds. The minimum atomic E-state index is -0.122. The molecule has 6 heteroatoms. The first-order chi connectivity index (χ1) is 12.6. The van der Waals surface area contributed by atoms with Crippen molar-refractivity contribution in [3.8, 4) is 5.75 Å². The lowest BCUT2D eigenvalue weighted by Crippen LogP contribution is -2.41. The Morgan fingerprint density at radius 2 is 1.85 bits per heavy atom. The SMILES string of the molecule is COc1ccccc1NC(=O)C1CCN(C(=O)c2cccc(Cl)c2)CC1. The summed E-state index contributed by atoms with van der Waals surface area (Å²) in [5, 5.41) is 3.47. The van der Waals surface area contributed by atoms with Crippen molar-refractivity contribution >= 4 is 29.1 Å². The average Bonchev–Trinajstić information content (AvgIpc) is 2.68. The summed E-state index contributed by atoms with van der Waals surface area (Å²) in [6.07, 6.45) is 1.26. The van der Waals surface area contributed by atoms with Gasteiger partial charge in [-0.2, -0.15) is 0 Å². The molecule has 136 valence electrons. The van der Waals surface area contributed by atoms with Gasteiger partial charge in [0.15, 0.2) is 0 Å². The fraction of sp³-hybridized carbons (Fsp3) is 0.300. The van der Waals surface area contributed by atoms with Crippen LogP contribution >= 0.6 is 11.6 Å². The van der Waals surface area contributed by atoms with Gasteiger partial charge in [-0.15, -0.1) is 0 Å². The molecule has 0 aromatic heterocycles. The van der Waals surface area contributed by atoms with Crippen molar-refractivity contribution in [1.82, 2.24) is 4.90 Å². The van der Waals surface area contributed by atoms with Crippen LogP contribution in [0.1, 0.15) is 23.2 Å². The van der Waals surface area contributed by atoms with E-state index in [4.69, 9.17) is 16.3 Å². The Balaban J connectivity index is 1.58. The lowest BCUT2D eigenvalue weighted by Gasteiger charge is -2.31. The molecule has 0 spiro atoms. The average molecular weight is 373 g/mol. The van der Waals surface area contributed by atoms with Crippen LogP contribution in [0.15, 0.2) is 48.5 Å². The predicted molar refractivity (Wildman–Crippen MR) is 102 cm³/mol. The van der Waals surface area contributed by atoms with Crippen LogP contribution in [0.5, 0.6) is 5.75 Å². The van der Waals surface area contributed by atoms with E-state index in [9.17, 15) is 9.59 Å². The Bertz CT molecular complexity index is 801. The Labute approximate surface area is 157 Å². The second kappa shape index (κ2) is 8.23. The molecule has 3 rings (SSSR count). The van der Waals surface area contributed by atoms with Gasteiger partial charge in [0.25, 0.3) is 5.91 Å². The van der Waals surface area contributed by atoms with Gasteiger partial charge in [0, 0.05) is 29.6 Å². The molecule has 0 atom stereocenters. The topological polar surface area (TPSA) is 58.6 Å². The summed E-state index contributed by atoms with van der Waals surface area (Å²) >= 11 is 5.96. The predicted octanol–water partition coefficient (Wildman–Crippen LogP) is 3.84. The molecule has 0 aliphatic carbocycles. The van der Waals surface area contributed by atoms with Gasteiger partial charge in [-0.05, 0) is 43.2 Å². The molecule has 1 saturated heterocycles. The van der Waals surface area contributed by atoms with Crippen molar-refractivity contribution in [3.05, 3.63) is 59.1 Å². The molecular formula is C20H21ClN2O3. The molecule has 0 radical (unpaired) electrons. The lowest BCUT2D eigenvalue weighted by atomic mass is 9.95. The van der Waals surface area contributed by atoms with E-state index in [2.05, 4.69) is 5.32 Å². The van der Waals surface area contributed by atoms with Crippen LogP contribution in [0, 0.1) is 5.92 Å². The Kier molecular flexibility index (Phi) is 5.78. The maximum atomic E-state index is 12.6. The fourth-order valence-electron chi connectivity index (χ4n) is 3.13. The van der Waals surface area contributed by atoms with E-state index in [-0.39, 0.29) is 17.7 Å². The van der Waals surface area contributed by atoms with E-state index in [0.717, 1.165) is 0 Å². The van der Waals surface area contributed by atoms with Crippen molar-refractivity contribution in [2.45, 2.75) is 12.8 Å². The third-order valence-corrected chi connectivity index (χ3v) is 4.82. The van der Waals surface area contributed by atoms with Gasteiger partial charge in [-0.1, -0.05) is 29.8 Å². The number of ether oxygens (including phenoxy) is 1. The summed E-state index contributed by atoms with van der Waals surface area (Å²) in [6.45, 7) is 1.10. The number of nitrogens with zero attached hydrogens (tertiary/aromatic N) is 1. The number of halogens is 1. The number of benzene rings is 2. The molecule has 1 aliphatic heterocycles. The number of rotatable bonds is 4. The molecule has 5 nitrogen and oxygen atoms in total. The van der Waals surface area contributed by atoms with Crippen LogP contribution < -0.4 is 10.1 Å². The van der Waals surface area contributed by atoms with Crippen LogP contribution in [0.4, 0.5) is 5.69 Å².